The molecule has 0 aliphatic carbocycles. The van der Waals surface area contributed by atoms with E-state index in [0.29, 0.717) is 11.3 Å². The highest BCUT2D eigenvalue weighted by Crippen LogP contribution is 2.15. The van der Waals surface area contributed by atoms with Crippen LogP contribution in [0.4, 0.5) is 10.5 Å². The van der Waals surface area contributed by atoms with Gasteiger partial charge in [0.1, 0.15) is 6.61 Å². The van der Waals surface area contributed by atoms with E-state index < -0.39 is 6.09 Å². The summed E-state index contributed by atoms with van der Waals surface area (Å²) in [5, 5.41) is 2.63. The van der Waals surface area contributed by atoms with Crippen LogP contribution in [0.2, 0.25) is 0 Å². The Kier molecular flexibility index (Phi) is 5.31. The van der Waals surface area contributed by atoms with Crippen LogP contribution in [0.1, 0.15) is 29.8 Å². The Morgan fingerprint density at radius 1 is 1.05 bits per heavy atom. The molecule has 0 saturated carbocycles. The third kappa shape index (κ3) is 4.45. The molecule has 1 N–H and O–H groups in total. The van der Waals surface area contributed by atoms with Crippen LogP contribution in [0.3, 0.4) is 0 Å². The van der Waals surface area contributed by atoms with Crippen molar-refractivity contribution in [3.8, 4) is 0 Å². The van der Waals surface area contributed by atoms with E-state index in [0.717, 1.165) is 5.56 Å². The van der Waals surface area contributed by atoms with Gasteiger partial charge in [-0.3, -0.25) is 10.1 Å². The number of anilines is 1. The quantitative estimate of drug-likeness (QED) is 0.838. The first kappa shape index (κ1) is 15.8. The van der Waals surface area contributed by atoms with Crippen molar-refractivity contribution in [1.82, 2.24) is 0 Å². The van der Waals surface area contributed by atoms with E-state index in [1.807, 2.05) is 44.2 Å². The van der Waals surface area contributed by atoms with E-state index in [1.165, 1.54) is 0 Å². The Hall–Kier alpha value is -2.62. The van der Waals surface area contributed by atoms with Crippen molar-refractivity contribution < 1.29 is 14.3 Å². The highest BCUT2D eigenvalue weighted by atomic mass is 16.5. The first-order valence-electron chi connectivity index (χ1n) is 7.18. The summed E-state index contributed by atoms with van der Waals surface area (Å²) >= 11 is 0. The first-order chi connectivity index (χ1) is 10.6. The number of ketones is 1. The summed E-state index contributed by atoms with van der Waals surface area (Å²) in [6, 6.07) is 16.3. The average molecular weight is 297 g/mol. The van der Waals surface area contributed by atoms with Crippen molar-refractivity contribution in [1.29, 1.82) is 0 Å². The number of ether oxygens (including phenoxy) is 1. The van der Waals surface area contributed by atoms with E-state index in [2.05, 4.69) is 5.32 Å². The summed E-state index contributed by atoms with van der Waals surface area (Å²) < 4.78 is 5.14. The molecule has 0 aromatic heterocycles. The minimum atomic E-state index is -0.544. The lowest BCUT2D eigenvalue weighted by atomic mass is 10.0. The predicted octanol–water partition coefficient (Wildman–Crippen LogP) is 4.27. The van der Waals surface area contributed by atoms with Crippen LogP contribution in [0, 0.1) is 5.92 Å². The van der Waals surface area contributed by atoms with Gasteiger partial charge in [0, 0.05) is 17.2 Å². The second-order valence-corrected chi connectivity index (χ2v) is 5.29. The van der Waals surface area contributed by atoms with Crippen molar-refractivity contribution in [3.63, 3.8) is 0 Å². The zero-order valence-corrected chi connectivity index (χ0v) is 12.7. The molecule has 1 amide bonds. The number of amides is 1. The van der Waals surface area contributed by atoms with Crippen molar-refractivity contribution in [3.05, 3.63) is 65.7 Å². The summed E-state index contributed by atoms with van der Waals surface area (Å²) in [7, 11) is 0. The van der Waals surface area contributed by atoms with Crippen LogP contribution in [-0.2, 0) is 11.3 Å². The second kappa shape index (κ2) is 7.41. The van der Waals surface area contributed by atoms with E-state index in [1.54, 1.807) is 24.3 Å². The van der Waals surface area contributed by atoms with Gasteiger partial charge in [0.25, 0.3) is 0 Å². The molecular formula is C18H19NO3. The van der Waals surface area contributed by atoms with Crippen molar-refractivity contribution in [2.45, 2.75) is 20.5 Å². The summed E-state index contributed by atoms with van der Waals surface area (Å²) in [4.78, 5) is 23.7. The standard InChI is InChI=1S/C18H19NO3/c1-13(2)17(20)15-9-6-10-16(11-15)19-18(21)22-12-14-7-4-3-5-8-14/h3-11,13H,12H2,1-2H3,(H,19,21). The minimum absolute atomic E-state index is 0.0429. The molecule has 0 spiro atoms. The Morgan fingerprint density at radius 2 is 1.77 bits per heavy atom. The van der Waals surface area contributed by atoms with Gasteiger partial charge in [0.15, 0.2) is 5.78 Å². The third-order valence-electron chi connectivity index (χ3n) is 3.13. The predicted molar refractivity (Wildman–Crippen MR) is 85.9 cm³/mol. The molecule has 0 bridgehead atoms. The van der Waals surface area contributed by atoms with Gasteiger partial charge in [-0.05, 0) is 17.7 Å². The topological polar surface area (TPSA) is 55.4 Å². The van der Waals surface area contributed by atoms with Crippen LogP contribution in [0.25, 0.3) is 0 Å². The van der Waals surface area contributed by atoms with E-state index in [4.69, 9.17) is 4.74 Å². The number of hydrogen-bond donors (Lipinski definition) is 1. The minimum Gasteiger partial charge on any atom is -0.444 e. The van der Waals surface area contributed by atoms with E-state index >= 15 is 0 Å². The van der Waals surface area contributed by atoms with Gasteiger partial charge in [-0.1, -0.05) is 56.3 Å². The maximum Gasteiger partial charge on any atom is 0.411 e. The number of Topliss-reactive ketones (excluding diaryl/α,β-unsaturated/α-hetero) is 1. The molecule has 2 aromatic carbocycles. The molecule has 0 atom stereocenters. The smallest absolute Gasteiger partial charge is 0.411 e. The Bertz CT molecular complexity index is 650. The Labute approximate surface area is 130 Å². The fourth-order valence-electron chi connectivity index (χ4n) is 1.96. The SMILES string of the molecule is CC(C)C(=O)c1cccc(NC(=O)OCc2ccccc2)c1. The maximum atomic E-state index is 11.9. The van der Waals surface area contributed by atoms with Gasteiger partial charge in [-0.25, -0.2) is 4.79 Å². The van der Waals surface area contributed by atoms with Crippen molar-refractivity contribution in [2.75, 3.05) is 5.32 Å². The second-order valence-electron chi connectivity index (χ2n) is 5.29. The highest BCUT2D eigenvalue weighted by molar-refractivity contribution is 5.99. The van der Waals surface area contributed by atoms with Gasteiger partial charge in [0.2, 0.25) is 0 Å². The molecule has 0 unspecified atom stereocenters. The Morgan fingerprint density at radius 3 is 2.45 bits per heavy atom. The van der Waals surface area contributed by atoms with Gasteiger partial charge in [0.05, 0.1) is 0 Å². The molecule has 0 radical (unpaired) electrons. The number of carbonyl (C=O) groups is 2. The molecule has 2 rings (SSSR count). The fourth-order valence-corrected chi connectivity index (χ4v) is 1.96. The zero-order chi connectivity index (χ0) is 15.9. The van der Waals surface area contributed by atoms with Crippen molar-refractivity contribution >= 4 is 17.6 Å². The number of hydrogen-bond acceptors (Lipinski definition) is 3. The molecule has 2 aromatic rings. The maximum absolute atomic E-state index is 11.9. The summed E-state index contributed by atoms with van der Waals surface area (Å²) in [6.07, 6.45) is -0.544. The van der Waals surface area contributed by atoms with Crippen molar-refractivity contribution in [2.24, 2.45) is 5.92 Å². The average Bonchev–Trinajstić information content (AvgIpc) is 2.53. The number of benzene rings is 2. The number of nitrogens with one attached hydrogen (secondary N) is 1. The molecule has 0 heterocycles. The van der Waals surface area contributed by atoms with Gasteiger partial charge >= 0.3 is 6.09 Å². The zero-order valence-electron chi connectivity index (χ0n) is 12.7. The van der Waals surface area contributed by atoms with Crippen LogP contribution in [0.15, 0.2) is 54.6 Å². The fraction of sp³-hybridized carbons (Fsp3) is 0.222. The van der Waals surface area contributed by atoms with Gasteiger partial charge < -0.3 is 4.74 Å². The monoisotopic (exact) mass is 297 g/mol. The first-order valence-corrected chi connectivity index (χ1v) is 7.18. The molecule has 4 heteroatoms. The molecule has 22 heavy (non-hydrogen) atoms. The largest absolute Gasteiger partial charge is 0.444 e. The lowest BCUT2D eigenvalue weighted by molar-refractivity contribution is 0.0939. The lowest BCUT2D eigenvalue weighted by Gasteiger charge is -2.09. The molecule has 0 aliphatic rings. The highest BCUT2D eigenvalue weighted by Gasteiger charge is 2.11. The molecule has 114 valence electrons. The summed E-state index contributed by atoms with van der Waals surface area (Å²) in [5.41, 5.74) is 2.04. The van der Waals surface area contributed by atoms with Crippen LogP contribution < -0.4 is 5.32 Å². The molecule has 0 fully saturated rings. The number of rotatable bonds is 5. The summed E-state index contributed by atoms with van der Waals surface area (Å²) in [6.45, 7) is 3.89. The third-order valence-corrected chi connectivity index (χ3v) is 3.13. The molecular weight excluding hydrogens is 278 g/mol. The number of carbonyl (C=O) groups excluding carboxylic acids is 2. The lowest BCUT2D eigenvalue weighted by Crippen LogP contribution is -2.14. The van der Waals surface area contributed by atoms with E-state index in [-0.39, 0.29) is 18.3 Å². The van der Waals surface area contributed by atoms with E-state index in [9.17, 15) is 9.59 Å². The van der Waals surface area contributed by atoms with Crippen LogP contribution in [0.5, 0.6) is 0 Å². The van der Waals surface area contributed by atoms with Crippen LogP contribution >= 0.6 is 0 Å². The van der Waals surface area contributed by atoms with Gasteiger partial charge in [-0.2, -0.15) is 0 Å². The van der Waals surface area contributed by atoms with Crippen LogP contribution in [-0.4, -0.2) is 11.9 Å². The normalized spacial score (nSPS) is 10.3. The molecule has 0 saturated heterocycles. The Balaban J connectivity index is 1.94. The van der Waals surface area contributed by atoms with Gasteiger partial charge in [-0.15, -0.1) is 0 Å². The molecule has 0 aliphatic heterocycles. The molecule has 4 nitrogen and oxygen atoms in total. The summed E-state index contributed by atoms with van der Waals surface area (Å²) in [5.74, 6) is -0.0402.